The number of carbonyl (C=O) groups is 1. The van der Waals surface area contributed by atoms with Gasteiger partial charge in [0.15, 0.2) is 0 Å². The molecule has 15 heavy (non-hydrogen) atoms. The van der Waals surface area contributed by atoms with Crippen LogP contribution in [0.2, 0.25) is 0 Å². The smallest absolute Gasteiger partial charge is 0.242 e. The average Bonchev–Trinajstić information content (AvgIpc) is 2.20. The molecule has 0 saturated heterocycles. The van der Waals surface area contributed by atoms with Gasteiger partial charge in [-0.1, -0.05) is 19.9 Å². The molecule has 0 spiro atoms. The molecule has 82 valence electrons. The van der Waals surface area contributed by atoms with Crippen LogP contribution in [-0.4, -0.2) is 16.9 Å². The number of aryl methyl sites for hydroxylation is 1. The average molecular weight is 207 g/mol. The monoisotopic (exact) mass is 207 g/mol. The predicted octanol–water partition coefficient (Wildman–Crippen LogP) is 1.31. The molecule has 1 atom stereocenters. The number of pyridine rings is 1. The van der Waals surface area contributed by atoms with Crippen LogP contribution >= 0.6 is 0 Å². The lowest BCUT2D eigenvalue weighted by atomic mass is 10.1. The molecule has 4 heteroatoms. The first-order chi connectivity index (χ1) is 7.02. The molecule has 3 N–H and O–H groups in total. The minimum absolute atomic E-state index is 0.119. The van der Waals surface area contributed by atoms with Gasteiger partial charge in [0.2, 0.25) is 5.91 Å². The summed E-state index contributed by atoms with van der Waals surface area (Å²) in [5.41, 5.74) is 6.65. The van der Waals surface area contributed by atoms with Gasteiger partial charge in [-0.3, -0.25) is 4.79 Å². The number of amides is 1. The van der Waals surface area contributed by atoms with E-state index in [1.165, 1.54) is 0 Å². The second kappa shape index (κ2) is 4.89. The fraction of sp³-hybridized carbons (Fsp3) is 0.455. The number of nitrogens with one attached hydrogen (secondary N) is 1. The topological polar surface area (TPSA) is 68.0 Å². The van der Waals surface area contributed by atoms with Crippen molar-refractivity contribution in [1.82, 2.24) is 4.98 Å². The number of anilines is 1. The Morgan fingerprint density at radius 1 is 1.53 bits per heavy atom. The number of hydrogen-bond acceptors (Lipinski definition) is 3. The van der Waals surface area contributed by atoms with Crippen LogP contribution in [0.4, 0.5) is 5.82 Å². The molecule has 1 aromatic rings. The van der Waals surface area contributed by atoms with Crippen LogP contribution in [0, 0.1) is 12.8 Å². The molecule has 0 bridgehead atoms. The first kappa shape index (κ1) is 11.7. The molecule has 0 fully saturated rings. The quantitative estimate of drug-likeness (QED) is 0.785. The lowest BCUT2D eigenvalue weighted by Gasteiger charge is -2.15. The van der Waals surface area contributed by atoms with Gasteiger partial charge in [0.05, 0.1) is 6.04 Å². The summed E-state index contributed by atoms with van der Waals surface area (Å²) in [5, 5.41) is 2.72. The standard InChI is InChI=1S/C11H17N3O/c1-7(2)9(12)11(15)14-10-8(3)5-4-6-13-10/h4-7,9H,12H2,1-3H3,(H,13,14,15)/t9-/m1/s1. The van der Waals surface area contributed by atoms with Crippen molar-refractivity contribution < 1.29 is 4.79 Å². The summed E-state index contributed by atoms with van der Waals surface area (Å²) < 4.78 is 0. The first-order valence-corrected chi connectivity index (χ1v) is 5.00. The Hall–Kier alpha value is -1.42. The number of nitrogens with zero attached hydrogens (tertiary/aromatic N) is 1. The number of carbonyl (C=O) groups excluding carboxylic acids is 1. The van der Waals surface area contributed by atoms with Gasteiger partial charge in [-0.05, 0) is 24.5 Å². The van der Waals surface area contributed by atoms with Gasteiger partial charge < -0.3 is 11.1 Å². The lowest BCUT2D eigenvalue weighted by Crippen LogP contribution is -2.40. The third-order valence-electron chi connectivity index (χ3n) is 2.27. The minimum Gasteiger partial charge on any atom is -0.320 e. The van der Waals surface area contributed by atoms with Crippen molar-refractivity contribution in [3.63, 3.8) is 0 Å². The van der Waals surface area contributed by atoms with E-state index in [0.717, 1.165) is 5.56 Å². The third-order valence-corrected chi connectivity index (χ3v) is 2.27. The molecule has 0 aliphatic carbocycles. The van der Waals surface area contributed by atoms with E-state index in [9.17, 15) is 4.79 Å². The fourth-order valence-electron chi connectivity index (χ4n) is 1.12. The zero-order chi connectivity index (χ0) is 11.4. The van der Waals surface area contributed by atoms with Crippen LogP contribution in [0.1, 0.15) is 19.4 Å². The van der Waals surface area contributed by atoms with E-state index >= 15 is 0 Å². The molecule has 0 saturated carbocycles. The van der Waals surface area contributed by atoms with Crippen molar-refractivity contribution >= 4 is 11.7 Å². The lowest BCUT2D eigenvalue weighted by molar-refractivity contribution is -0.118. The third kappa shape index (κ3) is 3.02. The van der Waals surface area contributed by atoms with Gasteiger partial charge in [0.25, 0.3) is 0 Å². The molecular weight excluding hydrogens is 190 g/mol. The van der Waals surface area contributed by atoms with E-state index in [-0.39, 0.29) is 11.8 Å². The minimum atomic E-state index is -0.494. The Bertz CT molecular complexity index is 349. The maximum atomic E-state index is 11.6. The summed E-state index contributed by atoms with van der Waals surface area (Å²) in [6.45, 7) is 5.72. The molecular formula is C11H17N3O. The summed E-state index contributed by atoms with van der Waals surface area (Å²) in [7, 11) is 0. The largest absolute Gasteiger partial charge is 0.320 e. The summed E-state index contributed by atoms with van der Waals surface area (Å²) in [6, 6.07) is 3.23. The first-order valence-electron chi connectivity index (χ1n) is 5.00. The van der Waals surface area contributed by atoms with Gasteiger partial charge in [-0.25, -0.2) is 4.98 Å². The van der Waals surface area contributed by atoms with Gasteiger partial charge in [0.1, 0.15) is 5.82 Å². The summed E-state index contributed by atoms with van der Waals surface area (Å²) in [6.07, 6.45) is 1.64. The van der Waals surface area contributed by atoms with Crippen molar-refractivity contribution in [2.75, 3.05) is 5.32 Å². The number of rotatable bonds is 3. The van der Waals surface area contributed by atoms with Crippen LogP contribution < -0.4 is 11.1 Å². The molecule has 0 unspecified atom stereocenters. The van der Waals surface area contributed by atoms with E-state index in [0.29, 0.717) is 5.82 Å². The van der Waals surface area contributed by atoms with E-state index in [4.69, 9.17) is 5.73 Å². The van der Waals surface area contributed by atoms with Crippen molar-refractivity contribution in [3.8, 4) is 0 Å². The van der Waals surface area contributed by atoms with Crippen LogP contribution in [0.15, 0.2) is 18.3 Å². The van der Waals surface area contributed by atoms with Crippen LogP contribution in [0.25, 0.3) is 0 Å². The van der Waals surface area contributed by atoms with Crippen molar-refractivity contribution in [2.24, 2.45) is 11.7 Å². The summed E-state index contributed by atoms with van der Waals surface area (Å²) in [4.78, 5) is 15.7. The van der Waals surface area contributed by atoms with Gasteiger partial charge in [-0.15, -0.1) is 0 Å². The predicted molar refractivity (Wildman–Crippen MR) is 60.4 cm³/mol. The molecule has 1 heterocycles. The highest BCUT2D eigenvalue weighted by atomic mass is 16.2. The Balaban J connectivity index is 2.71. The maximum Gasteiger partial charge on any atom is 0.242 e. The summed E-state index contributed by atoms with van der Waals surface area (Å²) in [5.74, 6) is 0.513. The highest BCUT2D eigenvalue weighted by molar-refractivity contribution is 5.94. The van der Waals surface area contributed by atoms with Crippen molar-refractivity contribution in [1.29, 1.82) is 0 Å². The summed E-state index contributed by atoms with van der Waals surface area (Å²) >= 11 is 0. The van der Waals surface area contributed by atoms with Crippen LogP contribution in [0.5, 0.6) is 0 Å². The normalized spacial score (nSPS) is 12.6. The van der Waals surface area contributed by atoms with E-state index in [1.807, 2.05) is 32.9 Å². The van der Waals surface area contributed by atoms with Crippen LogP contribution in [-0.2, 0) is 4.79 Å². The van der Waals surface area contributed by atoms with Gasteiger partial charge in [-0.2, -0.15) is 0 Å². The van der Waals surface area contributed by atoms with Crippen molar-refractivity contribution in [2.45, 2.75) is 26.8 Å². The molecule has 1 aromatic heterocycles. The number of aromatic nitrogens is 1. The second-order valence-corrected chi connectivity index (χ2v) is 3.93. The maximum absolute atomic E-state index is 11.6. The fourth-order valence-corrected chi connectivity index (χ4v) is 1.12. The Morgan fingerprint density at radius 2 is 2.20 bits per heavy atom. The van der Waals surface area contributed by atoms with Crippen LogP contribution in [0.3, 0.4) is 0 Å². The molecule has 0 radical (unpaired) electrons. The second-order valence-electron chi connectivity index (χ2n) is 3.93. The SMILES string of the molecule is Cc1cccnc1NC(=O)[C@H](N)C(C)C. The van der Waals surface area contributed by atoms with E-state index < -0.39 is 6.04 Å². The molecule has 0 aromatic carbocycles. The van der Waals surface area contributed by atoms with Crippen molar-refractivity contribution in [3.05, 3.63) is 23.9 Å². The Kier molecular flexibility index (Phi) is 3.80. The molecule has 1 rings (SSSR count). The molecule has 0 aliphatic heterocycles. The Morgan fingerprint density at radius 3 is 2.73 bits per heavy atom. The zero-order valence-corrected chi connectivity index (χ0v) is 9.32. The number of nitrogens with two attached hydrogens (primary N) is 1. The molecule has 1 amide bonds. The van der Waals surface area contributed by atoms with E-state index in [1.54, 1.807) is 6.20 Å². The van der Waals surface area contributed by atoms with Gasteiger partial charge in [0, 0.05) is 6.20 Å². The Labute approximate surface area is 89.9 Å². The zero-order valence-electron chi connectivity index (χ0n) is 9.32. The highest BCUT2D eigenvalue weighted by Gasteiger charge is 2.17. The molecule has 0 aliphatic rings. The molecule has 4 nitrogen and oxygen atoms in total. The highest BCUT2D eigenvalue weighted by Crippen LogP contribution is 2.10. The number of hydrogen-bond donors (Lipinski definition) is 2. The van der Waals surface area contributed by atoms with E-state index in [2.05, 4.69) is 10.3 Å². The van der Waals surface area contributed by atoms with Gasteiger partial charge >= 0.3 is 0 Å².